The average Bonchev–Trinajstić information content (AvgIpc) is 3.04. The van der Waals surface area contributed by atoms with E-state index in [-0.39, 0.29) is 11.7 Å². The van der Waals surface area contributed by atoms with Crippen molar-refractivity contribution in [3.8, 4) is 5.75 Å². The second-order valence-electron chi connectivity index (χ2n) is 8.27. The van der Waals surface area contributed by atoms with Crippen LogP contribution in [0, 0.1) is 11.7 Å². The fourth-order valence-electron chi connectivity index (χ4n) is 4.28. The standard InChI is InChI=1S/C23H30FN3O2S/c24-19-5-7-21(8-6-19)29-16-22-25-20(17-30-22)15-26-13-9-18(10-14-26)23(28)27-11-3-1-2-4-12-27/h5-8,17-18H,1-4,9-16H2. The summed E-state index contributed by atoms with van der Waals surface area (Å²) in [4.78, 5) is 22.0. The second-order valence-corrected chi connectivity index (χ2v) is 9.21. The highest BCUT2D eigenvalue weighted by molar-refractivity contribution is 7.09. The van der Waals surface area contributed by atoms with Gasteiger partial charge in [0.25, 0.3) is 0 Å². The average molecular weight is 432 g/mol. The van der Waals surface area contributed by atoms with Crippen LogP contribution in [0.2, 0.25) is 0 Å². The zero-order valence-corrected chi connectivity index (χ0v) is 18.2. The minimum Gasteiger partial charge on any atom is -0.486 e. The quantitative estimate of drug-likeness (QED) is 0.677. The molecule has 1 aromatic heterocycles. The number of likely N-dealkylation sites (tertiary alicyclic amines) is 2. The molecular weight excluding hydrogens is 401 g/mol. The fraction of sp³-hybridized carbons (Fsp3) is 0.565. The molecule has 0 N–H and O–H groups in total. The van der Waals surface area contributed by atoms with E-state index in [4.69, 9.17) is 4.74 Å². The number of carbonyl (C=O) groups excluding carboxylic acids is 1. The van der Waals surface area contributed by atoms with E-state index in [0.29, 0.717) is 18.3 Å². The van der Waals surface area contributed by atoms with Gasteiger partial charge < -0.3 is 9.64 Å². The van der Waals surface area contributed by atoms with Crippen LogP contribution in [-0.4, -0.2) is 46.9 Å². The maximum absolute atomic E-state index is 13.0. The van der Waals surface area contributed by atoms with Crippen molar-refractivity contribution in [1.82, 2.24) is 14.8 Å². The van der Waals surface area contributed by atoms with Crippen LogP contribution < -0.4 is 4.74 Å². The maximum atomic E-state index is 13.0. The van der Waals surface area contributed by atoms with Gasteiger partial charge in [0.1, 0.15) is 23.2 Å². The summed E-state index contributed by atoms with van der Waals surface area (Å²) in [7, 11) is 0. The molecule has 2 aliphatic heterocycles. The van der Waals surface area contributed by atoms with Crippen molar-refractivity contribution < 1.29 is 13.9 Å². The minimum atomic E-state index is -0.268. The molecule has 5 nitrogen and oxygen atoms in total. The lowest BCUT2D eigenvalue weighted by Crippen LogP contribution is -2.42. The molecule has 0 spiro atoms. The summed E-state index contributed by atoms with van der Waals surface area (Å²) >= 11 is 1.59. The van der Waals surface area contributed by atoms with Gasteiger partial charge in [-0.05, 0) is 63.0 Å². The summed E-state index contributed by atoms with van der Waals surface area (Å²) in [5.74, 6) is 0.944. The van der Waals surface area contributed by atoms with Gasteiger partial charge in [-0.2, -0.15) is 0 Å². The number of hydrogen-bond acceptors (Lipinski definition) is 5. The van der Waals surface area contributed by atoms with E-state index in [9.17, 15) is 9.18 Å². The Balaban J connectivity index is 1.21. The van der Waals surface area contributed by atoms with Crippen LogP contribution in [0.25, 0.3) is 0 Å². The Labute approximate surface area is 181 Å². The molecule has 30 heavy (non-hydrogen) atoms. The number of thiazole rings is 1. The SMILES string of the molecule is O=C(C1CCN(Cc2csc(COc3ccc(F)cc3)n2)CC1)N1CCCCCC1. The van der Waals surface area contributed by atoms with Gasteiger partial charge in [0.15, 0.2) is 0 Å². The molecular formula is C23H30FN3O2S. The molecule has 0 unspecified atom stereocenters. The predicted octanol–water partition coefficient (Wildman–Crippen LogP) is 4.48. The van der Waals surface area contributed by atoms with Crippen LogP contribution in [0.5, 0.6) is 5.75 Å². The second kappa shape index (κ2) is 10.4. The molecule has 2 saturated heterocycles. The van der Waals surface area contributed by atoms with Gasteiger partial charge in [-0.25, -0.2) is 9.37 Å². The lowest BCUT2D eigenvalue weighted by molar-refractivity contribution is -0.137. The number of rotatable bonds is 6. The van der Waals surface area contributed by atoms with Crippen LogP contribution in [0.1, 0.15) is 49.2 Å². The molecule has 3 heterocycles. The smallest absolute Gasteiger partial charge is 0.225 e. The molecule has 0 bridgehead atoms. The Morgan fingerprint density at radius 3 is 2.47 bits per heavy atom. The minimum absolute atomic E-state index is 0.189. The van der Waals surface area contributed by atoms with E-state index in [1.165, 1.54) is 25.0 Å². The van der Waals surface area contributed by atoms with Crippen molar-refractivity contribution in [2.45, 2.75) is 51.7 Å². The number of aromatic nitrogens is 1. The van der Waals surface area contributed by atoms with Gasteiger partial charge in [0.05, 0.1) is 5.69 Å². The molecule has 162 valence electrons. The Hall–Kier alpha value is -1.99. The van der Waals surface area contributed by atoms with Crippen molar-refractivity contribution >= 4 is 17.2 Å². The highest BCUT2D eigenvalue weighted by atomic mass is 32.1. The summed E-state index contributed by atoms with van der Waals surface area (Å²) in [5.41, 5.74) is 1.05. The fourth-order valence-corrected chi connectivity index (χ4v) is 4.98. The molecule has 1 aromatic carbocycles. The normalized spacial score (nSPS) is 18.9. The Morgan fingerprint density at radius 1 is 1.07 bits per heavy atom. The van der Waals surface area contributed by atoms with Crippen molar-refractivity contribution in [1.29, 1.82) is 0 Å². The molecule has 0 saturated carbocycles. The monoisotopic (exact) mass is 431 g/mol. The molecule has 2 aromatic rings. The zero-order valence-electron chi connectivity index (χ0n) is 17.4. The first-order valence-corrected chi connectivity index (χ1v) is 11.9. The van der Waals surface area contributed by atoms with Gasteiger partial charge in [0, 0.05) is 30.9 Å². The number of carbonyl (C=O) groups is 1. The molecule has 4 rings (SSSR count). The van der Waals surface area contributed by atoms with Crippen LogP contribution in [0.4, 0.5) is 4.39 Å². The number of halogens is 1. The van der Waals surface area contributed by atoms with Crippen molar-refractivity contribution in [2.24, 2.45) is 5.92 Å². The first-order chi connectivity index (χ1) is 14.7. The lowest BCUT2D eigenvalue weighted by Gasteiger charge is -2.33. The largest absolute Gasteiger partial charge is 0.486 e. The lowest BCUT2D eigenvalue weighted by atomic mass is 9.95. The molecule has 7 heteroatoms. The van der Waals surface area contributed by atoms with Crippen LogP contribution in [0.15, 0.2) is 29.6 Å². The van der Waals surface area contributed by atoms with Gasteiger partial charge in [-0.15, -0.1) is 11.3 Å². The number of nitrogens with zero attached hydrogens (tertiary/aromatic N) is 3. The first-order valence-electron chi connectivity index (χ1n) is 11.0. The molecule has 2 aliphatic rings. The summed E-state index contributed by atoms with van der Waals surface area (Å²) in [5, 5.41) is 3.00. The third-order valence-electron chi connectivity index (χ3n) is 6.02. The van der Waals surface area contributed by atoms with E-state index in [0.717, 1.165) is 69.1 Å². The van der Waals surface area contributed by atoms with E-state index < -0.39 is 0 Å². The predicted molar refractivity (Wildman–Crippen MR) is 116 cm³/mol. The zero-order chi connectivity index (χ0) is 20.8. The Morgan fingerprint density at radius 2 is 1.77 bits per heavy atom. The molecule has 0 aliphatic carbocycles. The third-order valence-corrected chi connectivity index (χ3v) is 6.89. The molecule has 2 fully saturated rings. The highest BCUT2D eigenvalue weighted by Crippen LogP contribution is 2.23. The highest BCUT2D eigenvalue weighted by Gasteiger charge is 2.29. The van der Waals surface area contributed by atoms with Gasteiger partial charge in [0.2, 0.25) is 5.91 Å². The number of amides is 1. The molecule has 0 atom stereocenters. The Bertz CT molecular complexity index is 810. The van der Waals surface area contributed by atoms with Crippen molar-refractivity contribution in [3.63, 3.8) is 0 Å². The summed E-state index contributed by atoms with van der Waals surface area (Å²) in [6.07, 6.45) is 6.71. The summed E-state index contributed by atoms with van der Waals surface area (Å²) in [6.45, 7) is 4.99. The number of hydrogen-bond donors (Lipinski definition) is 0. The Kier molecular flexibility index (Phi) is 7.33. The van der Waals surface area contributed by atoms with Gasteiger partial charge >= 0.3 is 0 Å². The van der Waals surface area contributed by atoms with E-state index in [1.807, 2.05) is 0 Å². The summed E-state index contributed by atoms with van der Waals surface area (Å²) < 4.78 is 18.6. The van der Waals surface area contributed by atoms with Gasteiger partial charge in [-0.1, -0.05) is 12.8 Å². The van der Waals surface area contributed by atoms with Crippen molar-refractivity contribution in [3.05, 3.63) is 46.2 Å². The van der Waals surface area contributed by atoms with Crippen LogP contribution in [-0.2, 0) is 17.9 Å². The third kappa shape index (κ3) is 5.79. The van der Waals surface area contributed by atoms with Crippen LogP contribution in [0.3, 0.4) is 0 Å². The van der Waals surface area contributed by atoms with Crippen molar-refractivity contribution in [2.75, 3.05) is 26.2 Å². The van der Waals surface area contributed by atoms with Gasteiger partial charge in [-0.3, -0.25) is 9.69 Å². The maximum Gasteiger partial charge on any atom is 0.225 e. The topological polar surface area (TPSA) is 45.7 Å². The first kappa shape index (κ1) is 21.2. The molecule has 0 radical (unpaired) electrons. The van der Waals surface area contributed by atoms with E-state index in [2.05, 4.69) is 20.2 Å². The number of piperidine rings is 1. The summed E-state index contributed by atoms with van der Waals surface area (Å²) in [6, 6.07) is 6.04. The van der Waals surface area contributed by atoms with Crippen LogP contribution >= 0.6 is 11.3 Å². The molecule has 1 amide bonds. The number of ether oxygens (including phenoxy) is 1. The van der Waals surface area contributed by atoms with E-state index in [1.54, 1.807) is 23.5 Å². The van der Waals surface area contributed by atoms with E-state index >= 15 is 0 Å². The number of benzene rings is 1.